The van der Waals surface area contributed by atoms with Crippen LogP contribution in [0.4, 0.5) is 0 Å². The number of hydrogen-bond donors (Lipinski definition) is 1. The summed E-state index contributed by atoms with van der Waals surface area (Å²) in [7, 11) is 0. The van der Waals surface area contributed by atoms with E-state index in [1.54, 1.807) is 0 Å². The zero-order valence-corrected chi connectivity index (χ0v) is 16.0. The summed E-state index contributed by atoms with van der Waals surface area (Å²) in [6.07, 6.45) is 6.33. The summed E-state index contributed by atoms with van der Waals surface area (Å²) in [4.78, 5) is 13.0. The quantitative estimate of drug-likeness (QED) is 0.656. The predicted molar refractivity (Wildman–Crippen MR) is 92.4 cm³/mol. The zero-order valence-electron chi connectivity index (χ0n) is 12.0. The highest BCUT2D eigenvalue weighted by Gasteiger charge is 2.34. The van der Waals surface area contributed by atoms with Gasteiger partial charge in [0.25, 0.3) is 5.91 Å². The Balaban J connectivity index is 1.97. The van der Waals surface area contributed by atoms with Gasteiger partial charge in [-0.3, -0.25) is 4.79 Å². The minimum absolute atomic E-state index is 0.0523. The number of thiophene rings is 1. The topological polar surface area (TPSA) is 29.1 Å². The SMILES string of the molecule is CC(C)CC1(CNC(=O)c2cc(Br)c(Br)s2)CCCC1. The van der Waals surface area contributed by atoms with Gasteiger partial charge in [0, 0.05) is 11.0 Å². The van der Waals surface area contributed by atoms with Crippen molar-refractivity contribution in [1.82, 2.24) is 5.32 Å². The minimum atomic E-state index is 0.0523. The number of rotatable bonds is 5. The van der Waals surface area contributed by atoms with E-state index in [-0.39, 0.29) is 5.91 Å². The lowest BCUT2D eigenvalue weighted by atomic mass is 9.78. The molecular weight excluding hydrogens is 402 g/mol. The van der Waals surface area contributed by atoms with Crippen LogP contribution >= 0.6 is 43.2 Å². The van der Waals surface area contributed by atoms with Gasteiger partial charge in [0.1, 0.15) is 0 Å². The molecular formula is C15H21Br2NOS. The molecule has 0 bridgehead atoms. The van der Waals surface area contributed by atoms with Gasteiger partial charge in [-0.1, -0.05) is 26.7 Å². The molecule has 20 heavy (non-hydrogen) atoms. The molecule has 1 aliphatic carbocycles. The maximum Gasteiger partial charge on any atom is 0.261 e. The fourth-order valence-corrected chi connectivity index (χ4v) is 5.21. The smallest absolute Gasteiger partial charge is 0.261 e. The molecule has 0 saturated heterocycles. The van der Waals surface area contributed by atoms with Crippen molar-refractivity contribution >= 4 is 49.1 Å². The van der Waals surface area contributed by atoms with E-state index < -0.39 is 0 Å². The highest BCUT2D eigenvalue weighted by atomic mass is 79.9. The van der Waals surface area contributed by atoms with Crippen LogP contribution in [0.5, 0.6) is 0 Å². The molecule has 5 heteroatoms. The molecule has 2 nitrogen and oxygen atoms in total. The summed E-state index contributed by atoms with van der Waals surface area (Å²) in [6.45, 7) is 5.36. The average Bonchev–Trinajstić information content (AvgIpc) is 2.95. The molecule has 1 aliphatic rings. The molecule has 0 aromatic carbocycles. The van der Waals surface area contributed by atoms with E-state index in [1.807, 2.05) is 6.07 Å². The van der Waals surface area contributed by atoms with E-state index in [1.165, 1.54) is 43.4 Å². The third kappa shape index (κ3) is 4.08. The number of halogens is 2. The lowest BCUT2D eigenvalue weighted by Crippen LogP contribution is -2.36. The highest BCUT2D eigenvalue weighted by molar-refractivity contribution is 9.13. The van der Waals surface area contributed by atoms with Crippen LogP contribution in [0.3, 0.4) is 0 Å². The second-order valence-electron chi connectivity index (χ2n) is 6.22. The van der Waals surface area contributed by atoms with Crippen molar-refractivity contribution in [2.24, 2.45) is 11.3 Å². The third-order valence-electron chi connectivity index (χ3n) is 4.00. The van der Waals surface area contributed by atoms with Crippen molar-refractivity contribution in [1.29, 1.82) is 0 Å². The van der Waals surface area contributed by atoms with Gasteiger partial charge in [-0.15, -0.1) is 11.3 Å². The molecule has 0 atom stereocenters. The molecule has 112 valence electrons. The third-order valence-corrected chi connectivity index (χ3v) is 7.25. The zero-order chi connectivity index (χ0) is 14.8. The van der Waals surface area contributed by atoms with Crippen LogP contribution in [-0.4, -0.2) is 12.5 Å². The van der Waals surface area contributed by atoms with Crippen LogP contribution < -0.4 is 5.32 Å². The average molecular weight is 423 g/mol. The second-order valence-corrected chi connectivity index (χ2v) is 9.44. The Morgan fingerprint density at radius 3 is 2.55 bits per heavy atom. The molecule has 0 aliphatic heterocycles. The second kappa shape index (κ2) is 6.93. The Kier molecular flexibility index (Phi) is 5.71. The molecule has 1 fully saturated rings. The van der Waals surface area contributed by atoms with Crippen LogP contribution in [0.2, 0.25) is 0 Å². The van der Waals surface area contributed by atoms with Crippen molar-refractivity contribution in [2.45, 2.75) is 46.0 Å². The van der Waals surface area contributed by atoms with E-state index in [9.17, 15) is 4.79 Å². The Bertz CT molecular complexity index is 459. The Hall–Kier alpha value is 0.130. The van der Waals surface area contributed by atoms with Crippen molar-refractivity contribution in [3.63, 3.8) is 0 Å². The first kappa shape index (κ1) is 16.5. The number of nitrogens with one attached hydrogen (secondary N) is 1. The molecule has 1 amide bonds. The maximum atomic E-state index is 12.3. The predicted octanol–water partition coefficient (Wildman–Crippen LogP) is 5.61. The highest BCUT2D eigenvalue weighted by Crippen LogP contribution is 2.42. The number of carbonyl (C=O) groups excluding carboxylic acids is 1. The molecule has 1 aromatic rings. The summed E-state index contributed by atoms with van der Waals surface area (Å²) >= 11 is 8.34. The number of amides is 1. The first-order chi connectivity index (χ1) is 9.42. The van der Waals surface area contributed by atoms with Gasteiger partial charge in [0.05, 0.1) is 8.66 Å². The molecule has 0 unspecified atom stereocenters. The Morgan fingerprint density at radius 1 is 1.40 bits per heavy atom. The molecule has 2 rings (SSSR count). The molecule has 1 N–H and O–H groups in total. The van der Waals surface area contributed by atoms with Crippen molar-refractivity contribution in [3.8, 4) is 0 Å². The van der Waals surface area contributed by atoms with Crippen LogP contribution in [-0.2, 0) is 0 Å². The van der Waals surface area contributed by atoms with E-state index in [4.69, 9.17) is 0 Å². The van der Waals surface area contributed by atoms with Crippen LogP contribution in [0.1, 0.15) is 55.6 Å². The fourth-order valence-electron chi connectivity index (χ4n) is 3.26. The van der Waals surface area contributed by atoms with Crippen LogP contribution in [0.25, 0.3) is 0 Å². The van der Waals surface area contributed by atoms with Gasteiger partial charge >= 0.3 is 0 Å². The van der Waals surface area contributed by atoms with E-state index in [0.717, 1.165) is 19.7 Å². The van der Waals surface area contributed by atoms with E-state index in [2.05, 4.69) is 51.0 Å². The lowest BCUT2D eigenvalue weighted by Gasteiger charge is -2.31. The number of carbonyl (C=O) groups is 1. The standard InChI is InChI=1S/C15H21Br2NOS/c1-10(2)8-15(5-3-4-6-15)9-18-14(19)12-7-11(16)13(17)20-12/h7,10H,3-6,8-9H2,1-2H3,(H,18,19). The van der Waals surface area contributed by atoms with Gasteiger partial charge in [0.2, 0.25) is 0 Å². The Labute approximate surface area is 142 Å². The van der Waals surface area contributed by atoms with Gasteiger partial charge in [-0.25, -0.2) is 0 Å². The van der Waals surface area contributed by atoms with Crippen molar-refractivity contribution < 1.29 is 4.79 Å². The van der Waals surface area contributed by atoms with Gasteiger partial charge in [-0.2, -0.15) is 0 Å². The largest absolute Gasteiger partial charge is 0.351 e. The fraction of sp³-hybridized carbons (Fsp3) is 0.667. The van der Waals surface area contributed by atoms with Gasteiger partial charge in [0.15, 0.2) is 0 Å². The van der Waals surface area contributed by atoms with Crippen LogP contribution in [0.15, 0.2) is 14.3 Å². The van der Waals surface area contributed by atoms with Gasteiger partial charge in [-0.05, 0) is 68.5 Å². The number of hydrogen-bond acceptors (Lipinski definition) is 2. The van der Waals surface area contributed by atoms with E-state index >= 15 is 0 Å². The normalized spacial score (nSPS) is 17.6. The summed E-state index contributed by atoms with van der Waals surface area (Å²) in [5, 5.41) is 3.16. The monoisotopic (exact) mass is 421 g/mol. The molecule has 1 saturated carbocycles. The summed E-state index contributed by atoms with van der Waals surface area (Å²) < 4.78 is 1.92. The van der Waals surface area contributed by atoms with Gasteiger partial charge < -0.3 is 5.32 Å². The summed E-state index contributed by atoms with van der Waals surface area (Å²) in [6, 6.07) is 1.88. The first-order valence-corrected chi connectivity index (χ1v) is 9.55. The summed E-state index contributed by atoms with van der Waals surface area (Å²) in [5.41, 5.74) is 0.329. The summed E-state index contributed by atoms with van der Waals surface area (Å²) in [5.74, 6) is 0.742. The molecule has 1 aromatic heterocycles. The molecule has 1 heterocycles. The van der Waals surface area contributed by atoms with Crippen molar-refractivity contribution in [3.05, 3.63) is 19.2 Å². The minimum Gasteiger partial charge on any atom is -0.351 e. The lowest BCUT2D eigenvalue weighted by molar-refractivity contribution is 0.0926. The first-order valence-electron chi connectivity index (χ1n) is 7.15. The van der Waals surface area contributed by atoms with Crippen LogP contribution in [0, 0.1) is 11.3 Å². The Morgan fingerprint density at radius 2 is 2.05 bits per heavy atom. The maximum absolute atomic E-state index is 12.3. The molecule has 0 radical (unpaired) electrons. The molecule has 0 spiro atoms. The van der Waals surface area contributed by atoms with E-state index in [0.29, 0.717) is 11.3 Å². The van der Waals surface area contributed by atoms with Crippen molar-refractivity contribution in [2.75, 3.05) is 6.54 Å².